The smallest absolute Gasteiger partial charge is 0.287 e. The molecule has 0 radical (unpaired) electrons. The fourth-order valence-corrected chi connectivity index (χ4v) is 2.24. The van der Waals surface area contributed by atoms with Crippen LogP contribution >= 0.6 is 0 Å². The zero-order valence-corrected chi connectivity index (χ0v) is 11.1. The molecule has 0 unspecified atom stereocenters. The minimum absolute atomic E-state index is 0.00796. The normalized spacial score (nSPS) is 15.7. The zero-order valence-electron chi connectivity index (χ0n) is 10.2. The largest absolute Gasteiger partial charge is 0.289 e. The second-order valence-electron chi connectivity index (χ2n) is 4.05. The van der Waals surface area contributed by atoms with E-state index in [1.807, 2.05) is 0 Å². The highest BCUT2D eigenvalue weighted by molar-refractivity contribution is 7.88. The molecule has 5 nitrogen and oxygen atoms in total. The number of hydrogen-bond donors (Lipinski definition) is 1. The summed E-state index contributed by atoms with van der Waals surface area (Å²) in [5.41, 5.74) is 0.337. The Kier molecular flexibility index (Phi) is 3.52. The third-order valence-corrected chi connectivity index (χ3v) is 3.29. The lowest BCUT2D eigenvalue weighted by Gasteiger charge is -2.16. The summed E-state index contributed by atoms with van der Waals surface area (Å²) in [6.07, 6.45) is 2.10. The first-order valence-electron chi connectivity index (χ1n) is 5.56. The third-order valence-electron chi connectivity index (χ3n) is 2.81. The van der Waals surface area contributed by atoms with Crippen molar-refractivity contribution in [1.29, 1.82) is 0 Å². The van der Waals surface area contributed by atoms with Gasteiger partial charge in [0.25, 0.3) is 10.1 Å². The van der Waals surface area contributed by atoms with Gasteiger partial charge in [-0.2, -0.15) is 8.42 Å². The Labute approximate surface area is 115 Å². The summed E-state index contributed by atoms with van der Waals surface area (Å²) in [4.78, 5) is 24.5. The van der Waals surface area contributed by atoms with Crippen molar-refractivity contribution < 1.29 is 22.6 Å². The molecule has 0 heterocycles. The van der Waals surface area contributed by atoms with Crippen molar-refractivity contribution in [3.8, 4) is 0 Å². The number of carbonyl (C=O) groups is 2. The van der Waals surface area contributed by atoms with Crippen LogP contribution in [0.1, 0.15) is 20.7 Å². The van der Waals surface area contributed by atoms with Gasteiger partial charge in [-0.1, -0.05) is 36.9 Å². The second kappa shape index (κ2) is 4.99. The molecule has 1 aliphatic carbocycles. The quantitative estimate of drug-likeness (QED) is 0.859. The van der Waals surface area contributed by atoms with Crippen LogP contribution in [0.2, 0.25) is 0 Å². The summed E-state index contributed by atoms with van der Waals surface area (Å²) in [5.74, 6) is -0.903. The van der Waals surface area contributed by atoms with Gasteiger partial charge in [0.05, 0.1) is 5.41 Å². The molecule has 1 aromatic carbocycles. The van der Waals surface area contributed by atoms with Crippen molar-refractivity contribution in [2.75, 3.05) is 0 Å². The Morgan fingerprint density at radius 1 is 1.00 bits per heavy atom. The van der Waals surface area contributed by atoms with Crippen molar-refractivity contribution in [2.24, 2.45) is 0 Å². The van der Waals surface area contributed by atoms with E-state index in [0.29, 0.717) is 5.41 Å². The van der Waals surface area contributed by atoms with Gasteiger partial charge < -0.3 is 0 Å². The Morgan fingerprint density at radius 2 is 1.50 bits per heavy atom. The van der Waals surface area contributed by atoms with E-state index in [-0.39, 0.29) is 22.3 Å². The first kappa shape index (κ1) is 14.1. The van der Waals surface area contributed by atoms with Crippen molar-refractivity contribution in [3.05, 3.63) is 70.7 Å². The van der Waals surface area contributed by atoms with Gasteiger partial charge in [-0.25, -0.2) is 0 Å². The predicted molar refractivity (Wildman–Crippen MR) is 73.0 cm³/mol. The fraction of sp³-hybridized carbons (Fsp3) is 0. The Hall–Kier alpha value is -2.31. The van der Waals surface area contributed by atoms with Crippen molar-refractivity contribution in [2.45, 2.75) is 0 Å². The molecule has 0 saturated heterocycles. The number of benzene rings is 1. The van der Waals surface area contributed by atoms with Gasteiger partial charge >= 0.3 is 0 Å². The lowest BCUT2D eigenvalue weighted by Crippen LogP contribution is -2.20. The van der Waals surface area contributed by atoms with Crippen molar-refractivity contribution in [1.82, 2.24) is 0 Å². The molecule has 1 N–H and O–H groups in total. The topological polar surface area (TPSA) is 88.5 Å². The summed E-state index contributed by atoms with van der Waals surface area (Å²) >= 11 is 0. The van der Waals surface area contributed by atoms with Crippen molar-refractivity contribution in [3.63, 3.8) is 0 Å². The van der Waals surface area contributed by atoms with E-state index in [1.54, 1.807) is 12.1 Å². The van der Waals surface area contributed by atoms with Crippen LogP contribution in [0.15, 0.2) is 59.6 Å². The maximum Gasteiger partial charge on any atom is 0.287 e. The van der Waals surface area contributed by atoms with Crippen LogP contribution in [0.25, 0.3) is 0 Å². The molecule has 0 aliphatic heterocycles. The highest BCUT2D eigenvalue weighted by Gasteiger charge is 2.29. The van der Waals surface area contributed by atoms with E-state index in [2.05, 4.69) is 6.58 Å². The Morgan fingerprint density at radius 3 is 1.95 bits per heavy atom. The van der Waals surface area contributed by atoms with E-state index < -0.39 is 21.7 Å². The first-order valence-corrected chi connectivity index (χ1v) is 7.06. The molecule has 0 fully saturated rings. The fourth-order valence-electron chi connectivity index (χ4n) is 1.94. The average molecular weight is 290 g/mol. The van der Waals surface area contributed by atoms with Crippen LogP contribution < -0.4 is 0 Å². The summed E-state index contributed by atoms with van der Waals surface area (Å²) in [6.45, 7) is 3.46. The van der Waals surface area contributed by atoms with Gasteiger partial charge in [0, 0.05) is 22.3 Å². The zero-order chi connectivity index (χ0) is 14.9. The van der Waals surface area contributed by atoms with Crippen LogP contribution in [0, 0.1) is 0 Å². The molecule has 2 rings (SSSR count). The number of allylic oxidation sites excluding steroid dienone is 4. The minimum Gasteiger partial charge on any atom is -0.289 e. The van der Waals surface area contributed by atoms with E-state index >= 15 is 0 Å². The number of ketones is 2. The van der Waals surface area contributed by atoms with E-state index in [0.717, 1.165) is 6.08 Å². The highest BCUT2D eigenvalue weighted by atomic mass is 32.2. The molecule has 0 bridgehead atoms. The summed E-state index contributed by atoms with van der Waals surface area (Å²) in [6, 6.07) is 6.23. The molecular formula is C14H10O5S. The van der Waals surface area contributed by atoms with Gasteiger partial charge in [-0.15, -0.1) is 0 Å². The predicted octanol–water partition coefficient (Wildman–Crippen LogP) is 1.95. The minimum atomic E-state index is -4.39. The van der Waals surface area contributed by atoms with Gasteiger partial charge in [-0.3, -0.25) is 14.1 Å². The van der Waals surface area contributed by atoms with Crippen molar-refractivity contribution >= 4 is 21.7 Å². The first-order chi connectivity index (χ1) is 9.35. The molecule has 1 aliphatic rings. The van der Waals surface area contributed by atoms with E-state index in [4.69, 9.17) is 4.55 Å². The van der Waals surface area contributed by atoms with Gasteiger partial charge in [0.2, 0.25) is 0 Å². The molecule has 0 aromatic heterocycles. The van der Waals surface area contributed by atoms with Crippen LogP contribution in [0.5, 0.6) is 0 Å². The molecule has 1 aromatic rings. The van der Waals surface area contributed by atoms with Crippen LogP contribution in [0.4, 0.5) is 0 Å². The third kappa shape index (κ3) is 2.52. The molecule has 0 saturated carbocycles. The number of carbonyl (C=O) groups excluding carboxylic acids is 2. The molecule has 20 heavy (non-hydrogen) atoms. The van der Waals surface area contributed by atoms with Crippen LogP contribution in [-0.4, -0.2) is 24.5 Å². The summed E-state index contributed by atoms with van der Waals surface area (Å²) in [7, 11) is -4.39. The van der Waals surface area contributed by atoms with Gasteiger partial charge in [-0.05, 0) is 6.08 Å². The van der Waals surface area contributed by atoms with E-state index in [9.17, 15) is 18.0 Å². The van der Waals surface area contributed by atoms with Crippen LogP contribution in [-0.2, 0) is 10.1 Å². The van der Waals surface area contributed by atoms with Gasteiger partial charge in [0.15, 0.2) is 11.6 Å². The SMILES string of the molecule is C=CC1=C(/C=C/S(=O)(=O)O)C(=O)c2ccccc2C1=O. The molecule has 102 valence electrons. The average Bonchev–Trinajstić information content (AvgIpc) is 2.40. The van der Waals surface area contributed by atoms with E-state index in [1.165, 1.54) is 18.2 Å². The summed E-state index contributed by atoms with van der Waals surface area (Å²) in [5, 5.41) is 0.463. The second-order valence-corrected chi connectivity index (χ2v) is 5.36. The standard InChI is InChI=1S/C14H10O5S/c1-2-9-12(7-8-20(17,18)19)14(16)11-6-4-3-5-10(11)13(9)15/h2-8H,1H2,(H,17,18,19)/b8-7+. The molecule has 0 spiro atoms. The maximum atomic E-state index is 12.3. The number of fused-ring (bicyclic) bond motifs is 1. The number of rotatable bonds is 3. The Balaban J connectivity index is 2.66. The van der Waals surface area contributed by atoms with Gasteiger partial charge in [0.1, 0.15) is 0 Å². The number of Topliss-reactive ketones (excluding diaryl/α,β-unsaturated/α-hetero) is 2. The lowest BCUT2D eigenvalue weighted by atomic mass is 9.84. The molecular weight excluding hydrogens is 280 g/mol. The summed E-state index contributed by atoms with van der Waals surface area (Å²) < 4.78 is 30.1. The Bertz CT molecular complexity index is 782. The molecule has 0 atom stereocenters. The van der Waals surface area contributed by atoms with Crippen LogP contribution in [0.3, 0.4) is 0 Å². The monoisotopic (exact) mass is 290 g/mol. The maximum absolute atomic E-state index is 12.3. The highest BCUT2D eigenvalue weighted by Crippen LogP contribution is 2.27. The number of hydrogen-bond acceptors (Lipinski definition) is 4. The molecule has 0 amide bonds. The molecule has 6 heteroatoms. The lowest BCUT2D eigenvalue weighted by molar-refractivity contribution is 0.0980.